The topological polar surface area (TPSA) is 66.4 Å². The Kier molecular flexibility index (Phi) is 3.80. The highest BCUT2D eigenvalue weighted by molar-refractivity contribution is 6.31. The van der Waals surface area contributed by atoms with Gasteiger partial charge in [0, 0.05) is 5.02 Å². The maximum atomic E-state index is 13.2. The molecule has 0 fully saturated rings. The Bertz CT molecular complexity index is 515. The van der Waals surface area contributed by atoms with Crippen LogP contribution >= 0.6 is 11.6 Å². The standard InChI is InChI=1S/C9H4ClF4NO3/c10-3-1-4(11)6(7(16)17)5(2-3)15-8(18)9(12,13)14/h1-2H,(H,15,18)(H,16,17). The molecular weight excluding hydrogens is 282 g/mol. The Morgan fingerprint density at radius 3 is 2.28 bits per heavy atom. The summed E-state index contributed by atoms with van der Waals surface area (Å²) in [6.07, 6.45) is -5.23. The molecule has 0 spiro atoms. The molecule has 0 atom stereocenters. The first-order valence-corrected chi connectivity index (χ1v) is 4.61. The van der Waals surface area contributed by atoms with Crippen LogP contribution in [-0.2, 0) is 4.79 Å². The average molecular weight is 286 g/mol. The molecule has 0 radical (unpaired) electrons. The van der Waals surface area contributed by atoms with Gasteiger partial charge in [-0.05, 0) is 12.1 Å². The van der Waals surface area contributed by atoms with Crippen molar-refractivity contribution in [1.29, 1.82) is 0 Å². The van der Waals surface area contributed by atoms with Crippen molar-refractivity contribution in [3.05, 3.63) is 28.5 Å². The van der Waals surface area contributed by atoms with Crippen LogP contribution in [-0.4, -0.2) is 23.2 Å². The van der Waals surface area contributed by atoms with Gasteiger partial charge in [0.2, 0.25) is 0 Å². The summed E-state index contributed by atoms with van der Waals surface area (Å²) in [6, 6.07) is 1.31. The molecule has 0 saturated carbocycles. The van der Waals surface area contributed by atoms with Gasteiger partial charge >= 0.3 is 18.1 Å². The average Bonchev–Trinajstić information content (AvgIpc) is 2.13. The summed E-state index contributed by atoms with van der Waals surface area (Å²) in [7, 11) is 0. The third-order valence-electron chi connectivity index (χ3n) is 1.77. The highest BCUT2D eigenvalue weighted by Gasteiger charge is 2.39. The number of benzene rings is 1. The molecule has 0 unspecified atom stereocenters. The number of nitrogens with one attached hydrogen (secondary N) is 1. The zero-order chi connectivity index (χ0) is 14.1. The molecule has 9 heteroatoms. The van der Waals surface area contributed by atoms with E-state index >= 15 is 0 Å². The fourth-order valence-electron chi connectivity index (χ4n) is 1.08. The van der Waals surface area contributed by atoms with E-state index in [1.165, 1.54) is 5.32 Å². The van der Waals surface area contributed by atoms with E-state index < -0.39 is 35.1 Å². The van der Waals surface area contributed by atoms with Gasteiger partial charge in [0.1, 0.15) is 11.4 Å². The predicted octanol–water partition coefficient (Wildman–Crippen LogP) is 2.68. The number of carbonyl (C=O) groups is 2. The minimum atomic E-state index is -5.23. The van der Waals surface area contributed by atoms with Gasteiger partial charge in [0.25, 0.3) is 0 Å². The Hall–Kier alpha value is -1.83. The molecule has 0 aliphatic carbocycles. The van der Waals surface area contributed by atoms with Gasteiger partial charge in [0.15, 0.2) is 0 Å². The second kappa shape index (κ2) is 4.81. The molecule has 1 aromatic carbocycles. The van der Waals surface area contributed by atoms with E-state index in [1.54, 1.807) is 0 Å². The summed E-state index contributed by atoms with van der Waals surface area (Å²) >= 11 is 5.36. The van der Waals surface area contributed by atoms with Crippen molar-refractivity contribution in [2.45, 2.75) is 6.18 Å². The number of amides is 1. The number of hydrogen-bond acceptors (Lipinski definition) is 2. The van der Waals surface area contributed by atoms with Crippen LogP contribution in [0.15, 0.2) is 12.1 Å². The molecule has 1 aromatic rings. The zero-order valence-electron chi connectivity index (χ0n) is 8.31. The summed E-state index contributed by atoms with van der Waals surface area (Å²) in [5.74, 6) is -5.61. The number of carboxylic acid groups (broad SMARTS) is 1. The monoisotopic (exact) mass is 285 g/mol. The Morgan fingerprint density at radius 2 is 1.83 bits per heavy atom. The van der Waals surface area contributed by atoms with Crippen molar-refractivity contribution < 1.29 is 32.3 Å². The summed E-state index contributed by atoms with van der Waals surface area (Å²) in [6.45, 7) is 0. The number of aromatic carboxylic acids is 1. The van der Waals surface area contributed by atoms with E-state index in [2.05, 4.69) is 0 Å². The first-order chi connectivity index (χ1) is 8.12. The lowest BCUT2D eigenvalue weighted by atomic mass is 10.1. The van der Waals surface area contributed by atoms with E-state index in [1.807, 2.05) is 0 Å². The molecule has 0 saturated heterocycles. The maximum absolute atomic E-state index is 13.2. The number of hydrogen-bond donors (Lipinski definition) is 2. The Balaban J connectivity index is 3.24. The highest BCUT2D eigenvalue weighted by Crippen LogP contribution is 2.26. The van der Waals surface area contributed by atoms with E-state index in [-0.39, 0.29) is 5.02 Å². The number of anilines is 1. The van der Waals surface area contributed by atoms with Crippen LogP contribution in [0.25, 0.3) is 0 Å². The van der Waals surface area contributed by atoms with Gasteiger partial charge < -0.3 is 10.4 Å². The van der Waals surface area contributed by atoms with Gasteiger partial charge in [-0.2, -0.15) is 13.2 Å². The number of carbonyl (C=O) groups excluding carboxylic acids is 1. The number of alkyl halides is 3. The molecule has 2 N–H and O–H groups in total. The SMILES string of the molecule is O=C(O)c1c(F)cc(Cl)cc1NC(=O)C(F)(F)F. The van der Waals surface area contributed by atoms with Crippen LogP contribution < -0.4 is 5.32 Å². The highest BCUT2D eigenvalue weighted by atomic mass is 35.5. The van der Waals surface area contributed by atoms with Gasteiger partial charge in [-0.25, -0.2) is 9.18 Å². The largest absolute Gasteiger partial charge is 0.478 e. The molecule has 0 aromatic heterocycles. The van der Waals surface area contributed by atoms with Gasteiger partial charge in [-0.15, -0.1) is 0 Å². The minimum Gasteiger partial charge on any atom is -0.478 e. The molecule has 0 heterocycles. The van der Waals surface area contributed by atoms with Gasteiger partial charge in [-0.1, -0.05) is 11.6 Å². The van der Waals surface area contributed by atoms with Gasteiger partial charge in [0.05, 0.1) is 5.69 Å². The van der Waals surface area contributed by atoms with Crippen LogP contribution in [0.4, 0.5) is 23.2 Å². The Labute approximate surface area is 102 Å². The van der Waals surface area contributed by atoms with Gasteiger partial charge in [-0.3, -0.25) is 4.79 Å². The number of rotatable bonds is 2. The lowest BCUT2D eigenvalue weighted by Gasteiger charge is -2.11. The second-order valence-corrected chi connectivity index (χ2v) is 3.50. The van der Waals surface area contributed by atoms with Crippen molar-refractivity contribution in [3.63, 3.8) is 0 Å². The third-order valence-corrected chi connectivity index (χ3v) is 1.99. The first kappa shape index (κ1) is 14.2. The molecule has 18 heavy (non-hydrogen) atoms. The van der Waals surface area contributed by atoms with Crippen molar-refractivity contribution in [2.75, 3.05) is 5.32 Å². The summed E-state index contributed by atoms with van der Waals surface area (Å²) in [5.41, 5.74) is -1.97. The van der Waals surface area contributed by atoms with Crippen molar-refractivity contribution in [2.24, 2.45) is 0 Å². The van der Waals surface area contributed by atoms with E-state index in [9.17, 15) is 27.2 Å². The van der Waals surface area contributed by atoms with E-state index in [4.69, 9.17) is 16.7 Å². The molecule has 0 bridgehead atoms. The van der Waals surface area contributed by atoms with Crippen molar-refractivity contribution in [1.82, 2.24) is 0 Å². The van der Waals surface area contributed by atoms with Crippen LogP contribution in [0.2, 0.25) is 5.02 Å². The van der Waals surface area contributed by atoms with Crippen molar-refractivity contribution >= 4 is 29.2 Å². The number of halogens is 5. The van der Waals surface area contributed by atoms with E-state index in [0.717, 1.165) is 0 Å². The molecule has 4 nitrogen and oxygen atoms in total. The number of carboxylic acids is 1. The van der Waals surface area contributed by atoms with Crippen LogP contribution in [0.3, 0.4) is 0 Å². The smallest absolute Gasteiger partial charge is 0.471 e. The third kappa shape index (κ3) is 3.10. The fraction of sp³-hybridized carbons (Fsp3) is 0.111. The summed E-state index contributed by atoms with van der Waals surface area (Å²) in [4.78, 5) is 21.3. The quantitative estimate of drug-likeness (QED) is 0.821. The zero-order valence-corrected chi connectivity index (χ0v) is 9.06. The Morgan fingerprint density at radius 1 is 1.28 bits per heavy atom. The summed E-state index contributed by atoms with van der Waals surface area (Å²) in [5, 5.41) is 9.53. The van der Waals surface area contributed by atoms with Crippen molar-refractivity contribution in [3.8, 4) is 0 Å². The van der Waals surface area contributed by atoms with Crippen LogP contribution in [0.5, 0.6) is 0 Å². The molecule has 0 aliphatic rings. The first-order valence-electron chi connectivity index (χ1n) is 4.23. The molecule has 1 rings (SSSR count). The lowest BCUT2D eigenvalue weighted by molar-refractivity contribution is -0.167. The predicted molar refractivity (Wildman–Crippen MR) is 53.1 cm³/mol. The maximum Gasteiger partial charge on any atom is 0.471 e. The molecule has 0 aliphatic heterocycles. The van der Waals surface area contributed by atoms with E-state index in [0.29, 0.717) is 12.1 Å². The van der Waals surface area contributed by atoms with Crippen LogP contribution in [0.1, 0.15) is 10.4 Å². The van der Waals surface area contributed by atoms with Crippen LogP contribution in [0, 0.1) is 5.82 Å². The molecule has 1 amide bonds. The molecular formula is C9H4ClF4NO3. The fourth-order valence-corrected chi connectivity index (χ4v) is 1.29. The normalized spacial score (nSPS) is 11.2. The minimum absolute atomic E-state index is 0.352. The lowest BCUT2D eigenvalue weighted by Crippen LogP contribution is -2.30. The molecule has 98 valence electrons. The summed E-state index contributed by atoms with van der Waals surface area (Å²) < 4.78 is 49.2. The second-order valence-electron chi connectivity index (χ2n) is 3.07.